The van der Waals surface area contributed by atoms with Gasteiger partial charge in [-0.3, -0.25) is 0 Å². The summed E-state index contributed by atoms with van der Waals surface area (Å²) in [7, 11) is 3.45. The zero-order valence-electron chi connectivity index (χ0n) is 21.1. The number of terminal acetylenes is 1. The number of aromatic nitrogens is 7. The van der Waals surface area contributed by atoms with Crippen molar-refractivity contribution >= 4 is 27.9 Å². The third kappa shape index (κ3) is 3.81. The standard InChI is InChI=1S/C28H20F2N8O/c1-5-22-36-19-11-16(17(29)12-20(19)37(22)3)25-23(24-26(31)33-13-34-27(24)38(25)4)15-6-7-21(18(30)10-15)39-28-32-9-8-14(2)35-28/h1,6-13H,2-4H3,(H2,31,33,34). The van der Waals surface area contributed by atoms with Gasteiger partial charge in [-0.2, -0.15) is 0 Å². The summed E-state index contributed by atoms with van der Waals surface area (Å²) in [5.74, 6) is 1.77. The number of fused-ring (bicyclic) bond motifs is 2. The van der Waals surface area contributed by atoms with Crippen LogP contribution in [-0.4, -0.2) is 34.1 Å². The highest BCUT2D eigenvalue weighted by Crippen LogP contribution is 2.44. The second kappa shape index (κ2) is 8.88. The second-order valence-electron chi connectivity index (χ2n) is 8.93. The van der Waals surface area contributed by atoms with Crippen molar-refractivity contribution in [2.45, 2.75) is 6.92 Å². The quantitative estimate of drug-likeness (QED) is 0.327. The third-order valence-electron chi connectivity index (χ3n) is 6.54. The van der Waals surface area contributed by atoms with Gasteiger partial charge in [0.15, 0.2) is 17.4 Å². The molecule has 6 aromatic rings. The van der Waals surface area contributed by atoms with Crippen LogP contribution in [0.4, 0.5) is 14.6 Å². The first-order chi connectivity index (χ1) is 18.8. The molecule has 4 heterocycles. The largest absolute Gasteiger partial charge is 0.421 e. The minimum Gasteiger partial charge on any atom is -0.421 e. The molecule has 2 N–H and O–H groups in total. The molecule has 192 valence electrons. The fraction of sp³-hybridized carbons (Fsp3) is 0.107. The van der Waals surface area contributed by atoms with Gasteiger partial charge in [-0.25, -0.2) is 33.7 Å². The van der Waals surface area contributed by atoms with E-state index in [1.54, 1.807) is 48.4 Å². The summed E-state index contributed by atoms with van der Waals surface area (Å²) in [6.45, 7) is 1.78. The van der Waals surface area contributed by atoms with Crippen LogP contribution >= 0.6 is 0 Å². The highest BCUT2D eigenvalue weighted by atomic mass is 19.1. The molecule has 39 heavy (non-hydrogen) atoms. The van der Waals surface area contributed by atoms with Crippen molar-refractivity contribution in [1.29, 1.82) is 0 Å². The van der Waals surface area contributed by atoms with Crippen molar-refractivity contribution in [2.24, 2.45) is 14.1 Å². The van der Waals surface area contributed by atoms with E-state index in [9.17, 15) is 0 Å². The molecule has 11 heteroatoms. The third-order valence-corrected chi connectivity index (χ3v) is 6.54. The minimum atomic E-state index is -0.671. The van der Waals surface area contributed by atoms with Crippen LogP contribution in [0.15, 0.2) is 48.9 Å². The fourth-order valence-corrected chi connectivity index (χ4v) is 4.71. The number of aryl methyl sites for hydroxylation is 3. The van der Waals surface area contributed by atoms with Crippen molar-refractivity contribution in [1.82, 2.24) is 34.1 Å². The molecule has 0 aliphatic heterocycles. The summed E-state index contributed by atoms with van der Waals surface area (Å²) >= 11 is 0. The van der Waals surface area contributed by atoms with Gasteiger partial charge < -0.3 is 19.6 Å². The maximum atomic E-state index is 15.7. The summed E-state index contributed by atoms with van der Waals surface area (Å²) in [5, 5.41) is 0.454. The average molecular weight is 523 g/mol. The molecule has 0 aliphatic rings. The normalized spacial score (nSPS) is 11.3. The summed E-state index contributed by atoms with van der Waals surface area (Å²) in [6, 6.07) is 9.08. The van der Waals surface area contributed by atoms with E-state index in [-0.39, 0.29) is 23.1 Å². The predicted molar refractivity (Wildman–Crippen MR) is 143 cm³/mol. The molecule has 4 aromatic heterocycles. The Balaban J connectivity index is 1.58. The SMILES string of the molecule is C#Cc1nc2cc(-c3c(-c4ccc(Oc5nccc(C)n5)c(F)c4)c4c(N)ncnc4n3C)c(F)cc2n1C. The van der Waals surface area contributed by atoms with Gasteiger partial charge in [0, 0.05) is 43.2 Å². The van der Waals surface area contributed by atoms with Crippen LogP contribution in [0.25, 0.3) is 44.5 Å². The van der Waals surface area contributed by atoms with Gasteiger partial charge >= 0.3 is 6.01 Å². The Morgan fingerprint density at radius 2 is 1.79 bits per heavy atom. The number of imidazole rings is 1. The summed E-state index contributed by atoms with van der Waals surface area (Å²) in [6.07, 6.45) is 8.41. The first-order valence-electron chi connectivity index (χ1n) is 11.8. The smallest absolute Gasteiger partial charge is 0.322 e. The maximum absolute atomic E-state index is 15.7. The second-order valence-corrected chi connectivity index (χ2v) is 8.93. The molecule has 2 aromatic carbocycles. The number of nitrogens with zero attached hydrogens (tertiary/aromatic N) is 7. The number of nitrogen functional groups attached to an aromatic ring is 1. The van der Waals surface area contributed by atoms with Gasteiger partial charge in [-0.1, -0.05) is 6.07 Å². The van der Waals surface area contributed by atoms with Gasteiger partial charge in [0.2, 0.25) is 0 Å². The molecule has 6 rings (SSSR count). The highest BCUT2D eigenvalue weighted by molar-refractivity contribution is 6.08. The molecule has 0 atom stereocenters. The van der Waals surface area contributed by atoms with Crippen LogP contribution in [0.2, 0.25) is 0 Å². The average Bonchev–Trinajstić information content (AvgIpc) is 3.39. The maximum Gasteiger partial charge on any atom is 0.322 e. The Hall–Kier alpha value is -5.37. The topological polar surface area (TPSA) is 110 Å². The van der Waals surface area contributed by atoms with Crippen molar-refractivity contribution in [2.75, 3.05) is 5.73 Å². The number of halogens is 2. The van der Waals surface area contributed by atoms with E-state index in [4.69, 9.17) is 16.9 Å². The number of nitrogens with two attached hydrogens (primary N) is 1. The van der Waals surface area contributed by atoms with Crippen molar-refractivity contribution in [3.05, 3.63) is 72.1 Å². The molecule has 0 radical (unpaired) electrons. The monoisotopic (exact) mass is 522 g/mol. The Morgan fingerprint density at radius 1 is 0.974 bits per heavy atom. The summed E-state index contributed by atoms with van der Waals surface area (Å²) in [5.41, 5.74) is 9.94. The number of anilines is 1. The van der Waals surface area contributed by atoms with Crippen molar-refractivity contribution < 1.29 is 13.5 Å². The number of benzene rings is 2. The van der Waals surface area contributed by atoms with Gasteiger partial charge in [0.05, 0.1) is 22.1 Å². The van der Waals surface area contributed by atoms with Gasteiger partial charge in [-0.05, 0) is 42.7 Å². The van der Waals surface area contributed by atoms with Gasteiger partial charge in [0.1, 0.15) is 23.6 Å². The molecule has 9 nitrogen and oxygen atoms in total. The van der Waals surface area contributed by atoms with Crippen LogP contribution in [0.3, 0.4) is 0 Å². The number of rotatable bonds is 4. The fourth-order valence-electron chi connectivity index (χ4n) is 4.71. The minimum absolute atomic E-state index is 0.0159. The first-order valence-corrected chi connectivity index (χ1v) is 11.8. The number of hydrogen-bond donors (Lipinski definition) is 1. The highest BCUT2D eigenvalue weighted by Gasteiger charge is 2.25. The number of ether oxygens (including phenoxy) is 1. The summed E-state index contributed by atoms with van der Waals surface area (Å²) < 4.78 is 40.0. The van der Waals surface area contributed by atoms with Gasteiger partial charge in [-0.15, -0.1) is 6.42 Å². The molecule has 0 saturated heterocycles. The van der Waals surface area contributed by atoms with Gasteiger partial charge in [0.25, 0.3) is 0 Å². The van der Waals surface area contributed by atoms with Crippen LogP contribution in [0.5, 0.6) is 11.8 Å². The van der Waals surface area contributed by atoms with Crippen molar-refractivity contribution in [3.8, 4) is 46.5 Å². The lowest BCUT2D eigenvalue weighted by molar-refractivity contribution is 0.410. The predicted octanol–water partition coefficient (Wildman–Crippen LogP) is 4.92. The van der Waals surface area contributed by atoms with E-state index in [1.807, 2.05) is 0 Å². The molecule has 0 aliphatic carbocycles. The van der Waals surface area contributed by atoms with Crippen LogP contribution < -0.4 is 10.5 Å². The molecule has 0 amide bonds. The molecule has 0 unspecified atom stereocenters. The molecule has 0 fully saturated rings. The first kappa shape index (κ1) is 24.0. The lowest BCUT2D eigenvalue weighted by Crippen LogP contribution is -1.98. The Labute approximate surface area is 221 Å². The van der Waals surface area contributed by atoms with Crippen LogP contribution in [0.1, 0.15) is 11.5 Å². The van der Waals surface area contributed by atoms with E-state index in [0.29, 0.717) is 50.4 Å². The van der Waals surface area contributed by atoms with E-state index >= 15 is 8.78 Å². The van der Waals surface area contributed by atoms with E-state index in [0.717, 1.165) is 0 Å². The molecular formula is C28H20F2N8O. The zero-order valence-corrected chi connectivity index (χ0v) is 21.1. The van der Waals surface area contributed by atoms with E-state index in [2.05, 4.69) is 30.8 Å². The molecular weight excluding hydrogens is 502 g/mol. The lowest BCUT2D eigenvalue weighted by atomic mass is 9.98. The zero-order chi connectivity index (χ0) is 27.4. The molecule has 0 spiro atoms. The number of hydrogen-bond acceptors (Lipinski definition) is 7. The Bertz CT molecular complexity index is 1990. The van der Waals surface area contributed by atoms with E-state index < -0.39 is 11.6 Å². The van der Waals surface area contributed by atoms with E-state index in [1.165, 1.54) is 30.7 Å². The van der Waals surface area contributed by atoms with Crippen LogP contribution in [-0.2, 0) is 14.1 Å². The summed E-state index contributed by atoms with van der Waals surface area (Å²) in [4.78, 5) is 21.1. The van der Waals surface area contributed by atoms with Crippen molar-refractivity contribution in [3.63, 3.8) is 0 Å². The molecule has 0 bridgehead atoms. The Morgan fingerprint density at radius 3 is 2.54 bits per heavy atom. The van der Waals surface area contributed by atoms with Crippen LogP contribution in [0, 0.1) is 30.9 Å². The molecule has 0 saturated carbocycles. The lowest BCUT2D eigenvalue weighted by Gasteiger charge is -2.12. The Kier molecular flexibility index (Phi) is 5.46.